The van der Waals surface area contributed by atoms with Crippen LogP contribution >= 0.6 is 7.82 Å². The largest absolute Gasteiger partial charge is 0.756 e. The first kappa shape index (κ1) is 75.0. The molecular weight excluding hydrogens is 960 g/mol. The van der Waals surface area contributed by atoms with Gasteiger partial charge in [0.2, 0.25) is 5.91 Å². The fourth-order valence-corrected chi connectivity index (χ4v) is 11.1. The van der Waals surface area contributed by atoms with E-state index < -0.39 is 20.0 Å². The molecule has 3 atom stereocenters. The summed E-state index contributed by atoms with van der Waals surface area (Å²) in [6.07, 6.45) is 75.8. The molecule has 0 rings (SSSR count). The monoisotopic (exact) mass is 1090 g/mol. The van der Waals surface area contributed by atoms with Gasteiger partial charge in [-0.15, -0.1) is 0 Å². The van der Waals surface area contributed by atoms with Crippen molar-refractivity contribution in [2.24, 2.45) is 0 Å². The number of quaternary nitrogens is 1. The average molecular weight is 1090 g/mol. The Bertz CT molecular complexity index is 1290. The number of phosphoric ester groups is 1. The number of rotatable bonds is 63. The molecule has 0 saturated heterocycles. The van der Waals surface area contributed by atoms with Gasteiger partial charge < -0.3 is 28.8 Å². The number of phosphoric acid groups is 1. The first-order chi connectivity index (χ1) is 37.0. The first-order valence-corrected chi connectivity index (χ1v) is 35.2. The summed E-state index contributed by atoms with van der Waals surface area (Å²) in [4.78, 5) is 25.6. The molecule has 9 heteroatoms. The van der Waals surface area contributed by atoms with Crippen LogP contribution in [0.15, 0.2) is 24.3 Å². The molecule has 0 aliphatic heterocycles. The van der Waals surface area contributed by atoms with Crippen molar-refractivity contribution < 1.29 is 32.9 Å². The molecule has 0 aromatic heterocycles. The highest BCUT2D eigenvalue weighted by molar-refractivity contribution is 7.45. The maximum atomic E-state index is 13.0. The highest BCUT2D eigenvalue weighted by atomic mass is 31.2. The predicted molar refractivity (Wildman–Crippen MR) is 330 cm³/mol. The van der Waals surface area contributed by atoms with Gasteiger partial charge in [0.15, 0.2) is 0 Å². The van der Waals surface area contributed by atoms with Crippen molar-refractivity contribution in [2.75, 3.05) is 40.9 Å². The minimum absolute atomic E-state index is 0.00196. The van der Waals surface area contributed by atoms with Gasteiger partial charge in [-0.25, -0.2) is 0 Å². The van der Waals surface area contributed by atoms with Gasteiger partial charge >= 0.3 is 0 Å². The summed E-state index contributed by atoms with van der Waals surface area (Å²) in [5.41, 5.74) is 0. The van der Waals surface area contributed by atoms with Gasteiger partial charge in [-0.1, -0.05) is 321 Å². The number of hydrogen-bond donors (Lipinski definition) is 2. The number of unbranched alkanes of at least 4 members (excludes halogenated alkanes) is 48. The molecular formula is C67H133N2O6P. The van der Waals surface area contributed by atoms with Crippen molar-refractivity contribution in [3.05, 3.63) is 24.3 Å². The van der Waals surface area contributed by atoms with Crippen molar-refractivity contribution in [2.45, 2.75) is 360 Å². The van der Waals surface area contributed by atoms with Crippen molar-refractivity contribution in [3.8, 4) is 0 Å². The van der Waals surface area contributed by atoms with Gasteiger partial charge in [0, 0.05) is 6.42 Å². The first-order valence-electron chi connectivity index (χ1n) is 33.7. The molecule has 0 spiro atoms. The Hall–Kier alpha value is -1.02. The predicted octanol–water partition coefficient (Wildman–Crippen LogP) is 20.5. The zero-order chi connectivity index (χ0) is 55.6. The van der Waals surface area contributed by atoms with Crippen LogP contribution < -0.4 is 10.2 Å². The van der Waals surface area contributed by atoms with Gasteiger partial charge in [0.05, 0.1) is 39.9 Å². The number of carbonyl (C=O) groups is 1. The number of nitrogens with zero attached hydrogens (tertiary/aromatic N) is 1. The molecule has 0 heterocycles. The van der Waals surface area contributed by atoms with Gasteiger partial charge in [0.25, 0.3) is 7.82 Å². The average Bonchev–Trinajstić information content (AvgIpc) is 3.38. The van der Waals surface area contributed by atoms with E-state index in [0.29, 0.717) is 17.4 Å². The van der Waals surface area contributed by atoms with Crippen LogP contribution in [0.5, 0.6) is 0 Å². The summed E-state index contributed by atoms with van der Waals surface area (Å²) >= 11 is 0. The van der Waals surface area contributed by atoms with Crippen LogP contribution in [0.25, 0.3) is 0 Å². The van der Waals surface area contributed by atoms with E-state index in [0.717, 1.165) is 38.5 Å². The normalized spacial score (nSPS) is 13.8. The summed E-state index contributed by atoms with van der Waals surface area (Å²) in [6.45, 7) is 4.71. The van der Waals surface area contributed by atoms with Gasteiger partial charge in [-0.3, -0.25) is 9.36 Å². The third kappa shape index (κ3) is 60.6. The number of amides is 1. The van der Waals surface area contributed by atoms with E-state index in [-0.39, 0.29) is 19.1 Å². The fourth-order valence-electron chi connectivity index (χ4n) is 10.4. The number of likely N-dealkylation sites (N-methyl/N-ethyl adjacent to an activating group) is 1. The Kier molecular flexibility index (Phi) is 57.8. The highest BCUT2D eigenvalue weighted by Crippen LogP contribution is 2.38. The zero-order valence-electron chi connectivity index (χ0n) is 51.7. The molecule has 0 aromatic rings. The van der Waals surface area contributed by atoms with E-state index in [1.165, 1.54) is 289 Å². The molecule has 0 aliphatic carbocycles. The van der Waals surface area contributed by atoms with Crippen LogP contribution in [0.1, 0.15) is 348 Å². The van der Waals surface area contributed by atoms with Crippen LogP contribution in [-0.2, 0) is 18.4 Å². The Labute approximate surface area is 474 Å². The molecule has 3 unspecified atom stereocenters. The number of aliphatic hydroxyl groups is 1. The smallest absolute Gasteiger partial charge is 0.268 e. The summed E-state index contributed by atoms with van der Waals surface area (Å²) < 4.78 is 23.4. The summed E-state index contributed by atoms with van der Waals surface area (Å²) in [6, 6.07) is -0.884. The number of allylic oxidation sites excluding steroid dienone is 3. The lowest BCUT2D eigenvalue weighted by atomic mass is 10.0. The summed E-state index contributed by atoms with van der Waals surface area (Å²) in [5, 5.41) is 13.9. The van der Waals surface area contributed by atoms with E-state index in [4.69, 9.17) is 9.05 Å². The van der Waals surface area contributed by atoms with Crippen molar-refractivity contribution in [1.82, 2.24) is 5.32 Å². The van der Waals surface area contributed by atoms with E-state index in [9.17, 15) is 19.4 Å². The Morgan fingerprint density at radius 2 is 0.724 bits per heavy atom. The van der Waals surface area contributed by atoms with E-state index in [1.54, 1.807) is 6.08 Å². The second-order valence-corrected chi connectivity index (χ2v) is 25.9. The third-order valence-electron chi connectivity index (χ3n) is 15.7. The molecule has 0 saturated carbocycles. The lowest BCUT2D eigenvalue weighted by Gasteiger charge is -2.29. The molecule has 2 N–H and O–H groups in total. The molecule has 1 amide bonds. The Morgan fingerprint density at radius 3 is 1.03 bits per heavy atom. The zero-order valence-corrected chi connectivity index (χ0v) is 52.6. The van der Waals surface area contributed by atoms with Crippen LogP contribution in [0.3, 0.4) is 0 Å². The second kappa shape index (κ2) is 58.6. The van der Waals surface area contributed by atoms with E-state index >= 15 is 0 Å². The van der Waals surface area contributed by atoms with Crippen molar-refractivity contribution >= 4 is 13.7 Å². The molecule has 0 fully saturated rings. The number of carbonyl (C=O) groups excluding carboxylic acids is 1. The maximum Gasteiger partial charge on any atom is 0.268 e. The van der Waals surface area contributed by atoms with Crippen molar-refractivity contribution in [1.29, 1.82) is 0 Å². The number of nitrogens with one attached hydrogen (secondary N) is 1. The fraction of sp³-hybridized carbons (Fsp3) is 0.925. The second-order valence-electron chi connectivity index (χ2n) is 24.5. The molecule has 76 heavy (non-hydrogen) atoms. The van der Waals surface area contributed by atoms with Crippen LogP contribution in [0.2, 0.25) is 0 Å². The van der Waals surface area contributed by atoms with E-state index in [1.807, 2.05) is 27.2 Å². The quantitative estimate of drug-likeness (QED) is 0.0272. The molecule has 8 nitrogen and oxygen atoms in total. The lowest BCUT2D eigenvalue weighted by molar-refractivity contribution is -0.870. The molecule has 0 aliphatic rings. The molecule has 0 aromatic carbocycles. The Morgan fingerprint density at radius 1 is 0.447 bits per heavy atom. The molecule has 452 valence electrons. The van der Waals surface area contributed by atoms with Crippen LogP contribution in [-0.4, -0.2) is 68.5 Å². The number of aliphatic hydroxyl groups excluding tert-OH is 1. The SMILES string of the molecule is CCCCCCCCCC/C=C\CCCCCCCCCCCCCCCCCCCCCCCC(=O)NC(COP(=O)([O-])OCC[N+](C)(C)C)C(O)/C=C/CCCCCCCCCCCCCCCCCCCCC. The van der Waals surface area contributed by atoms with Crippen LogP contribution in [0, 0.1) is 0 Å². The Balaban J connectivity index is 4.01. The highest BCUT2D eigenvalue weighted by Gasteiger charge is 2.23. The van der Waals surface area contributed by atoms with E-state index in [2.05, 4.69) is 31.3 Å². The van der Waals surface area contributed by atoms with Gasteiger partial charge in [-0.2, -0.15) is 0 Å². The summed E-state index contributed by atoms with van der Waals surface area (Å²) in [5.74, 6) is -0.189. The molecule has 0 radical (unpaired) electrons. The topological polar surface area (TPSA) is 108 Å². The maximum absolute atomic E-state index is 13.0. The molecule has 0 bridgehead atoms. The van der Waals surface area contributed by atoms with Crippen molar-refractivity contribution in [3.63, 3.8) is 0 Å². The minimum Gasteiger partial charge on any atom is -0.756 e. The third-order valence-corrected chi connectivity index (χ3v) is 16.6. The summed E-state index contributed by atoms with van der Waals surface area (Å²) in [7, 11) is 1.28. The number of hydrogen-bond acceptors (Lipinski definition) is 6. The van der Waals surface area contributed by atoms with Gasteiger partial charge in [0.1, 0.15) is 13.2 Å². The minimum atomic E-state index is -4.60. The standard InChI is InChI=1S/C67H133N2O6P/c1-6-8-10-12-14-16-18-20-22-24-26-28-29-30-31-32-33-34-35-36-37-38-39-41-43-45-47-49-51-53-55-57-59-61-67(71)68-65(64-75-76(72,73)74-63-62-69(3,4)5)66(70)60-58-56-54-52-50-48-46-44-42-40-27-25-23-21-19-17-15-13-11-9-7-2/h24,26,58,60,65-66,70H,6-23,25,27-57,59,61-64H2,1-5H3,(H-,68,71,72,73)/b26-24-,60-58+. The van der Waals surface area contributed by atoms with Gasteiger partial charge in [-0.05, 0) is 44.9 Å². The van der Waals surface area contributed by atoms with Crippen LogP contribution in [0.4, 0.5) is 0 Å². The lowest BCUT2D eigenvalue weighted by Crippen LogP contribution is -2.45.